The van der Waals surface area contributed by atoms with Crippen LogP contribution in [0.5, 0.6) is 0 Å². The molecule has 0 atom stereocenters. The monoisotopic (exact) mass is 230 g/mol. The van der Waals surface area contributed by atoms with Crippen LogP contribution in [0.1, 0.15) is 25.7 Å². The Balaban J connectivity index is 3.18. The molecule has 0 radical (unpaired) electrons. The second-order valence-electron chi connectivity index (χ2n) is 3.28. The van der Waals surface area contributed by atoms with Gasteiger partial charge in [-0.05, 0) is 12.8 Å². The Labute approximate surface area is 75.3 Å². The van der Waals surface area contributed by atoms with Crippen LogP contribution in [0, 0.1) is 0 Å². The van der Waals surface area contributed by atoms with Crippen molar-refractivity contribution in [2.24, 2.45) is 0 Å². The van der Waals surface area contributed by atoms with Crippen LogP contribution in [0.4, 0.5) is 0 Å². The van der Waals surface area contributed by atoms with E-state index in [1.54, 1.807) is 0 Å². The Hall–Kier alpha value is 0.300. The van der Waals surface area contributed by atoms with Crippen molar-refractivity contribution < 1.29 is 28.7 Å². The Morgan fingerprint density at radius 2 is 1.15 bits per heavy atom. The van der Waals surface area contributed by atoms with Crippen molar-refractivity contribution >= 4 is 15.2 Å². The van der Waals surface area contributed by atoms with Gasteiger partial charge >= 0.3 is 15.2 Å². The number of hydrogen-bond donors (Lipinski definition) is 4. The predicted octanol–water partition coefficient (Wildman–Crippen LogP) is 0.612. The summed E-state index contributed by atoms with van der Waals surface area (Å²) in [5.74, 6) is 0. The lowest BCUT2D eigenvalue weighted by Gasteiger charge is -2.29. The minimum Gasteiger partial charge on any atom is -0.324 e. The van der Waals surface area contributed by atoms with E-state index in [1.807, 2.05) is 0 Å². The highest BCUT2D eigenvalue weighted by Gasteiger charge is 2.60. The van der Waals surface area contributed by atoms with Crippen LogP contribution in [0.2, 0.25) is 0 Å². The number of rotatable bonds is 2. The quantitative estimate of drug-likeness (QED) is 0.516. The Morgan fingerprint density at radius 3 is 1.31 bits per heavy atom. The average molecular weight is 230 g/mol. The third-order valence-corrected chi connectivity index (χ3v) is 7.12. The van der Waals surface area contributed by atoms with E-state index in [9.17, 15) is 9.13 Å². The molecule has 8 heteroatoms. The Kier molecular flexibility index (Phi) is 2.76. The fourth-order valence-electron chi connectivity index (χ4n) is 1.69. The van der Waals surface area contributed by atoms with Gasteiger partial charge in [0.2, 0.25) is 0 Å². The fourth-order valence-corrected chi connectivity index (χ4v) is 4.85. The second kappa shape index (κ2) is 3.16. The molecule has 1 saturated carbocycles. The first kappa shape index (κ1) is 11.4. The molecule has 6 nitrogen and oxygen atoms in total. The molecule has 0 aromatic heterocycles. The van der Waals surface area contributed by atoms with Gasteiger partial charge in [0.15, 0.2) is 4.90 Å². The molecule has 0 bridgehead atoms. The SMILES string of the molecule is O=P(O)(O)C1(P(=O)(O)O)CCCC1. The lowest BCUT2D eigenvalue weighted by molar-refractivity contribution is 0.308. The maximum absolute atomic E-state index is 11.0. The number of hydrogen-bond acceptors (Lipinski definition) is 2. The molecule has 0 amide bonds. The van der Waals surface area contributed by atoms with Crippen LogP contribution in [-0.2, 0) is 9.13 Å². The van der Waals surface area contributed by atoms with Gasteiger partial charge in [-0.1, -0.05) is 12.8 Å². The van der Waals surface area contributed by atoms with E-state index in [1.165, 1.54) is 0 Å². The normalized spacial score (nSPS) is 23.4. The summed E-state index contributed by atoms with van der Waals surface area (Å²) in [7, 11) is -9.46. The maximum Gasteiger partial charge on any atom is 0.343 e. The summed E-state index contributed by atoms with van der Waals surface area (Å²) in [5, 5.41) is 0. The molecule has 0 heterocycles. The van der Waals surface area contributed by atoms with Gasteiger partial charge < -0.3 is 19.6 Å². The van der Waals surface area contributed by atoms with E-state index in [0.29, 0.717) is 12.8 Å². The molecule has 0 aromatic carbocycles. The van der Waals surface area contributed by atoms with Crippen molar-refractivity contribution in [3.05, 3.63) is 0 Å². The highest BCUT2D eigenvalue weighted by Crippen LogP contribution is 2.74. The van der Waals surface area contributed by atoms with Gasteiger partial charge in [0.25, 0.3) is 0 Å². The molecule has 4 N–H and O–H groups in total. The molecule has 0 aromatic rings. The minimum atomic E-state index is -4.73. The first-order chi connectivity index (χ1) is 5.71. The van der Waals surface area contributed by atoms with Gasteiger partial charge in [-0.2, -0.15) is 0 Å². The van der Waals surface area contributed by atoms with Crippen molar-refractivity contribution in [3.8, 4) is 0 Å². The van der Waals surface area contributed by atoms with E-state index < -0.39 is 20.1 Å². The largest absolute Gasteiger partial charge is 0.343 e. The molecule has 1 rings (SSSR count). The van der Waals surface area contributed by atoms with Gasteiger partial charge in [-0.15, -0.1) is 0 Å². The molecule has 0 aliphatic heterocycles. The van der Waals surface area contributed by atoms with E-state index in [0.717, 1.165) is 0 Å². The lowest BCUT2D eigenvalue weighted by Crippen LogP contribution is -2.24. The summed E-state index contributed by atoms with van der Waals surface area (Å²) < 4.78 is 22.0. The van der Waals surface area contributed by atoms with Gasteiger partial charge in [-0.25, -0.2) is 0 Å². The minimum absolute atomic E-state index is 0.0957. The topological polar surface area (TPSA) is 115 Å². The molecule has 0 unspecified atom stereocenters. The third-order valence-electron chi connectivity index (χ3n) is 2.49. The van der Waals surface area contributed by atoms with Crippen molar-refractivity contribution in [2.45, 2.75) is 30.6 Å². The first-order valence-electron chi connectivity index (χ1n) is 3.82. The zero-order valence-electron chi connectivity index (χ0n) is 6.83. The Morgan fingerprint density at radius 1 is 0.846 bits per heavy atom. The van der Waals surface area contributed by atoms with Crippen LogP contribution in [0.3, 0.4) is 0 Å². The van der Waals surface area contributed by atoms with Crippen LogP contribution in [0.15, 0.2) is 0 Å². The molecule has 1 aliphatic rings. The van der Waals surface area contributed by atoms with Gasteiger partial charge in [0.05, 0.1) is 0 Å². The zero-order chi connectivity index (χ0) is 10.3. The molecule has 13 heavy (non-hydrogen) atoms. The summed E-state index contributed by atoms with van der Waals surface area (Å²) in [4.78, 5) is 33.6. The van der Waals surface area contributed by atoms with Crippen LogP contribution in [-0.4, -0.2) is 24.5 Å². The zero-order valence-corrected chi connectivity index (χ0v) is 8.62. The third kappa shape index (κ3) is 1.75. The van der Waals surface area contributed by atoms with E-state index in [2.05, 4.69) is 0 Å². The van der Waals surface area contributed by atoms with Gasteiger partial charge in [0, 0.05) is 0 Å². The van der Waals surface area contributed by atoms with Gasteiger partial charge in [-0.3, -0.25) is 9.13 Å². The maximum atomic E-state index is 11.0. The highest BCUT2D eigenvalue weighted by atomic mass is 31.2. The summed E-state index contributed by atoms with van der Waals surface area (Å²) in [6.07, 6.45) is 0.718. The molecule has 0 spiro atoms. The molecule has 78 valence electrons. The van der Waals surface area contributed by atoms with Crippen molar-refractivity contribution in [2.75, 3.05) is 0 Å². The smallest absolute Gasteiger partial charge is 0.324 e. The second-order valence-corrected chi connectivity index (χ2v) is 7.52. The summed E-state index contributed by atoms with van der Waals surface area (Å²) in [6, 6.07) is 0. The lowest BCUT2D eigenvalue weighted by atomic mass is 10.4. The fraction of sp³-hybridized carbons (Fsp3) is 1.00. The highest BCUT2D eigenvalue weighted by molar-refractivity contribution is 7.72. The van der Waals surface area contributed by atoms with Crippen LogP contribution < -0.4 is 0 Å². The molecule has 1 aliphatic carbocycles. The van der Waals surface area contributed by atoms with Crippen molar-refractivity contribution in [1.82, 2.24) is 0 Å². The van der Waals surface area contributed by atoms with Crippen LogP contribution in [0.25, 0.3) is 0 Å². The van der Waals surface area contributed by atoms with Crippen LogP contribution >= 0.6 is 15.2 Å². The van der Waals surface area contributed by atoms with Crippen molar-refractivity contribution in [3.63, 3.8) is 0 Å². The van der Waals surface area contributed by atoms with E-state index in [4.69, 9.17) is 19.6 Å². The predicted molar refractivity (Wildman–Crippen MR) is 45.3 cm³/mol. The average Bonchev–Trinajstić information content (AvgIpc) is 2.28. The Bertz CT molecular complexity index is 257. The molecule has 1 fully saturated rings. The summed E-state index contributed by atoms with van der Waals surface area (Å²) >= 11 is 0. The molecular formula is C5H12O6P2. The van der Waals surface area contributed by atoms with E-state index >= 15 is 0 Å². The van der Waals surface area contributed by atoms with Gasteiger partial charge in [0.1, 0.15) is 0 Å². The summed E-state index contributed by atoms with van der Waals surface area (Å²) in [5.41, 5.74) is 0. The molecule has 0 saturated heterocycles. The molecular weight excluding hydrogens is 218 g/mol. The standard InChI is InChI=1S/C5H12O6P2/c6-12(7,8)5(13(9,10)11)3-1-2-4-5/h1-4H2,(H2,6,7,8)(H2,9,10,11). The first-order valence-corrected chi connectivity index (χ1v) is 7.04. The van der Waals surface area contributed by atoms with E-state index in [-0.39, 0.29) is 12.8 Å². The summed E-state index contributed by atoms with van der Waals surface area (Å²) in [6.45, 7) is 0. The van der Waals surface area contributed by atoms with Crippen molar-refractivity contribution in [1.29, 1.82) is 0 Å².